The molecule has 1 aliphatic heterocycles. The van der Waals surface area contributed by atoms with E-state index in [1.807, 2.05) is 0 Å². The molecule has 88 valence electrons. The van der Waals surface area contributed by atoms with Crippen LogP contribution in [0.1, 0.15) is 18.4 Å². The van der Waals surface area contributed by atoms with E-state index in [9.17, 15) is 8.78 Å². The largest absolute Gasteiger partial charge is 0.372 e. The summed E-state index contributed by atoms with van der Waals surface area (Å²) in [5.41, 5.74) is 0.409. The Kier molecular flexibility index (Phi) is 3.85. The number of rotatable bonds is 3. The zero-order valence-electron chi connectivity index (χ0n) is 9.01. The van der Waals surface area contributed by atoms with Crippen molar-refractivity contribution in [3.8, 4) is 0 Å². The van der Waals surface area contributed by atoms with E-state index in [2.05, 4.69) is 5.32 Å². The number of halogens is 2. The fourth-order valence-corrected chi connectivity index (χ4v) is 1.81. The fourth-order valence-electron chi connectivity index (χ4n) is 1.81. The zero-order valence-corrected chi connectivity index (χ0v) is 9.01. The molecular weight excluding hydrogens is 212 g/mol. The average Bonchev–Trinajstić information content (AvgIpc) is 2.29. The molecule has 4 heteroatoms. The van der Waals surface area contributed by atoms with E-state index in [0.29, 0.717) is 5.56 Å². The number of benzene rings is 1. The second kappa shape index (κ2) is 5.37. The minimum absolute atomic E-state index is 0.137. The molecule has 2 nitrogen and oxygen atoms in total. The molecule has 1 heterocycles. The Balaban J connectivity index is 1.88. The van der Waals surface area contributed by atoms with Gasteiger partial charge in [0.25, 0.3) is 0 Å². The summed E-state index contributed by atoms with van der Waals surface area (Å²) >= 11 is 0. The van der Waals surface area contributed by atoms with E-state index < -0.39 is 11.6 Å². The average molecular weight is 227 g/mol. The molecule has 1 saturated heterocycles. The molecule has 0 aromatic heterocycles. The summed E-state index contributed by atoms with van der Waals surface area (Å²) in [7, 11) is 0. The van der Waals surface area contributed by atoms with Gasteiger partial charge in [-0.15, -0.1) is 0 Å². The fraction of sp³-hybridized carbons (Fsp3) is 0.500. The summed E-state index contributed by atoms with van der Waals surface area (Å²) in [6, 6.07) is 3.57. The standard InChI is InChI=1S/C12H15F2NO/c13-10-4-3-9(12(14)6-10)8-16-11-2-1-5-15-7-11/h3-4,6,11,15H,1-2,5,7-8H2/t11-/m0/s1. The van der Waals surface area contributed by atoms with Crippen LogP contribution in [-0.2, 0) is 11.3 Å². The maximum absolute atomic E-state index is 13.3. The second-order valence-corrected chi connectivity index (χ2v) is 4.02. The molecule has 1 fully saturated rings. The topological polar surface area (TPSA) is 21.3 Å². The van der Waals surface area contributed by atoms with Crippen molar-refractivity contribution in [3.63, 3.8) is 0 Å². The third-order valence-corrected chi connectivity index (χ3v) is 2.74. The molecule has 1 atom stereocenters. The molecule has 0 aliphatic carbocycles. The van der Waals surface area contributed by atoms with E-state index in [-0.39, 0.29) is 12.7 Å². The monoisotopic (exact) mass is 227 g/mol. The molecule has 0 bridgehead atoms. The molecule has 1 aromatic rings. The van der Waals surface area contributed by atoms with Crippen molar-refractivity contribution < 1.29 is 13.5 Å². The van der Waals surface area contributed by atoms with Crippen molar-refractivity contribution in [2.24, 2.45) is 0 Å². The summed E-state index contributed by atoms with van der Waals surface area (Å²) in [4.78, 5) is 0. The normalized spacial score (nSPS) is 21.0. The van der Waals surface area contributed by atoms with E-state index in [4.69, 9.17) is 4.74 Å². The minimum atomic E-state index is -0.555. The first-order valence-corrected chi connectivity index (χ1v) is 5.52. The number of piperidine rings is 1. The Bertz CT molecular complexity index is 351. The van der Waals surface area contributed by atoms with Crippen molar-refractivity contribution in [1.29, 1.82) is 0 Å². The Hall–Kier alpha value is -1.00. The van der Waals surface area contributed by atoms with Gasteiger partial charge in [0, 0.05) is 18.2 Å². The second-order valence-electron chi connectivity index (χ2n) is 4.02. The minimum Gasteiger partial charge on any atom is -0.372 e. The van der Waals surface area contributed by atoms with Crippen LogP contribution >= 0.6 is 0 Å². The van der Waals surface area contributed by atoms with Gasteiger partial charge in [0.2, 0.25) is 0 Å². The van der Waals surface area contributed by atoms with Crippen LogP contribution in [0.5, 0.6) is 0 Å². The Morgan fingerprint density at radius 3 is 2.94 bits per heavy atom. The van der Waals surface area contributed by atoms with Crippen molar-refractivity contribution in [1.82, 2.24) is 5.32 Å². The van der Waals surface area contributed by atoms with Gasteiger partial charge < -0.3 is 10.1 Å². The Morgan fingerprint density at radius 2 is 2.25 bits per heavy atom. The smallest absolute Gasteiger partial charge is 0.131 e. The van der Waals surface area contributed by atoms with Gasteiger partial charge in [0.1, 0.15) is 11.6 Å². The van der Waals surface area contributed by atoms with Crippen LogP contribution in [0.15, 0.2) is 18.2 Å². The molecule has 1 N–H and O–H groups in total. The lowest BCUT2D eigenvalue weighted by molar-refractivity contribution is 0.0239. The van der Waals surface area contributed by atoms with Gasteiger partial charge in [0.15, 0.2) is 0 Å². The highest BCUT2D eigenvalue weighted by atomic mass is 19.1. The lowest BCUT2D eigenvalue weighted by Gasteiger charge is -2.23. The summed E-state index contributed by atoms with van der Waals surface area (Å²) in [5, 5.41) is 3.22. The van der Waals surface area contributed by atoms with Crippen molar-refractivity contribution in [2.75, 3.05) is 13.1 Å². The summed E-state index contributed by atoms with van der Waals surface area (Å²) in [5.74, 6) is -1.09. The lowest BCUT2D eigenvalue weighted by Crippen LogP contribution is -2.35. The van der Waals surface area contributed by atoms with Crippen LogP contribution in [0.2, 0.25) is 0 Å². The van der Waals surface area contributed by atoms with E-state index in [1.165, 1.54) is 12.1 Å². The summed E-state index contributed by atoms with van der Waals surface area (Å²) in [6.45, 7) is 2.03. The predicted octanol–water partition coefficient (Wildman–Crippen LogP) is 2.23. The van der Waals surface area contributed by atoms with Gasteiger partial charge in [-0.1, -0.05) is 6.07 Å². The van der Waals surface area contributed by atoms with Gasteiger partial charge in [0.05, 0.1) is 12.7 Å². The van der Waals surface area contributed by atoms with Crippen LogP contribution in [0, 0.1) is 11.6 Å². The molecular formula is C12H15F2NO. The van der Waals surface area contributed by atoms with Crippen LogP contribution in [0.25, 0.3) is 0 Å². The van der Waals surface area contributed by atoms with E-state index >= 15 is 0 Å². The van der Waals surface area contributed by atoms with Gasteiger partial charge in [-0.05, 0) is 25.5 Å². The van der Waals surface area contributed by atoms with Gasteiger partial charge >= 0.3 is 0 Å². The molecule has 16 heavy (non-hydrogen) atoms. The van der Waals surface area contributed by atoms with E-state index in [1.54, 1.807) is 0 Å². The first-order chi connectivity index (χ1) is 7.75. The first-order valence-electron chi connectivity index (χ1n) is 5.52. The molecule has 0 radical (unpaired) electrons. The maximum Gasteiger partial charge on any atom is 0.131 e. The van der Waals surface area contributed by atoms with Crippen molar-refractivity contribution >= 4 is 0 Å². The summed E-state index contributed by atoms with van der Waals surface area (Å²) < 4.78 is 31.5. The lowest BCUT2D eigenvalue weighted by atomic mass is 10.1. The predicted molar refractivity (Wildman–Crippen MR) is 57.0 cm³/mol. The molecule has 0 unspecified atom stereocenters. The number of ether oxygens (including phenoxy) is 1. The Morgan fingerprint density at radius 1 is 1.38 bits per heavy atom. The quantitative estimate of drug-likeness (QED) is 0.855. The maximum atomic E-state index is 13.3. The van der Waals surface area contributed by atoms with Crippen molar-refractivity contribution in [3.05, 3.63) is 35.4 Å². The first kappa shape index (κ1) is 11.5. The molecule has 0 spiro atoms. The molecule has 1 aliphatic rings. The summed E-state index contributed by atoms with van der Waals surface area (Å²) in [6.07, 6.45) is 2.21. The van der Waals surface area contributed by atoms with Crippen LogP contribution in [-0.4, -0.2) is 19.2 Å². The Labute approximate surface area is 93.6 Å². The van der Waals surface area contributed by atoms with Gasteiger partial charge in [-0.25, -0.2) is 8.78 Å². The zero-order chi connectivity index (χ0) is 11.4. The highest BCUT2D eigenvalue weighted by Gasteiger charge is 2.14. The molecule has 1 aromatic carbocycles. The van der Waals surface area contributed by atoms with Crippen LogP contribution in [0.4, 0.5) is 8.78 Å². The number of hydrogen-bond donors (Lipinski definition) is 1. The number of hydrogen-bond acceptors (Lipinski definition) is 2. The third kappa shape index (κ3) is 3.00. The van der Waals surface area contributed by atoms with Gasteiger partial charge in [-0.3, -0.25) is 0 Å². The SMILES string of the molecule is Fc1ccc(CO[C@H]2CCCNC2)c(F)c1. The highest BCUT2D eigenvalue weighted by Crippen LogP contribution is 2.13. The van der Waals surface area contributed by atoms with Crippen molar-refractivity contribution in [2.45, 2.75) is 25.6 Å². The van der Waals surface area contributed by atoms with E-state index in [0.717, 1.165) is 32.0 Å². The highest BCUT2D eigenvalue weighted by molar-refractivity contribution is 5.17. The third-order valence-electron chi connectivity index (χ3n) is 2.74. The number of nitrogens with one attached hydrogen (secondary N) is 1. The molecule has 0 saturated carbocycles. The molecule has 0 amide bonds. The van der Waals surface area contributed by atoms with Crippen LogP contribution in [0.3, 0.4) is 0 Å². The molecule has 2 rings (SSSR count). The van der Waals surface area contributed by atoms with Crippen LogP contribution < -0.4 is 5.32 Å². The van der Waals surface area contributed by atoms with Gasteiger partial charge in [-0.2, -0.15) is 0 Å².